The lowest BCUT2D eigenvalue weighted by molar-refractivity contribution is -0.152. The minimum absolute atomic E-state index is 0.0738. The number of methoxy groups -OCH3 is 1. The number of piperidine rings is 2. The van der Waals surface area contributed by atoms with Gasteiger partial charge in [-0.25, -0.2) is 0 Å². The molecule has 0 aromatic carbocycles. The maximum Gasteiger partial charge on any atom is 0.307 e. The van der Waals surface area contributed by atoms with E-state index in [2.05, 4.69) is 11.8 Å². The molecule has 0 bridgehead atoms. The predicted octanol–water partition coefficient (Wildman–Crippen LogP) is 2.33. The molecule has 0 aromatic heterocycles. The summed E-state index contributed by atoms with van der Waals surface area (Å²) in [6.07, 6.45) is 6.46. The van der Waals surface area contributed by atoms with Crippen LogP contribution >= 0.6 is 0 Å². The summed E-state index contributed by atoms with van der Waals surface area (Å²) in [4.78, 5) is 14.4. The lowest BCUT2D eigenvalue weighted by Crippen LogP contribution is -2.59. The number of carbonyl (C=O) groups is 1. The molecular formula is C16H29NO4. The van der Waals surface area contributed by atoms with Crippen molar-refractivity contribution in [3.8, 4) is 0 Å². The van der Waals surface area contributed by atoms with Crippen LogP contribution < -0.4 is 0 Å². The number of carbonyl (C=O) groups excluding carboxylic acids is 1. The van der Waals surface area contributed by atoms with Crippen LogP contribution in [-0.4, -0.2) is 55.6 Å². The molecule has 0 N–H and O–H groups in total. The smallest absolute Gasteiger partial charge is 0.307 e. The average molecular weight is 299 g/mol. The molecule has 2 fully saturated rings. The number of esters is 1. The largest absolute Gasteiger partial charge is 0.466 e. The molecule has 2 saturated heterocycles. The molecule has 2 aliphatic rings. The molecule has 2 heterocycles. The third-order valence-corrected chi connectivity index (χ3v) is 4.82. The second kappa shape index (κ2) is 8.11. The molecule has 2 aliphatic heterocycles. The summed E-state index contributed by atoms with van der Waals surface area (Å²) in [6.45, 7) is 4.88. The molecule has 0 aromatic rings. The van der Waals surface area contributed by atoms with Crippen molar-refractivity contribution in [1.29, 1.82) is 0 Å². The van der Waals surface area contributed by atoms with Crippen molar-refractivity contribution >= 4 is 5.97 Å². The van der Waals surface area contributed by atoms with Gasteiger partial charge in [0, 0.05) is 25.2 Å². The van der Waals surface area contributed by atoms with Gasteiger partial charge < -0.3 is 14.2 Å². The van der Waals surface area contributed by atoms with Gasteiger partial charge in [0.25, 0.3) is 0 Å². The first-order chi connectivity index (χ1) is 10.2. The predicted molar refractivity (Wildman–Crippen MR) is 80.0 cm³/mol. The van der Waals surface area contributed by atoms with Gasteiger partial charge in [0.2, 0.25) is 0 Å². The zero-order chi connectivity index (χ0) is 15.2. The molecule has 0 unspecified atom stereocenters. The van der Waals surface area contributed by atoms with Crippen molar-refractivity contribution in [2.75, 3.05) is 20.5 Å². The summed E-state index contributed by atoms with van der Waals surface area (Å²) in [5.74, 6) is -0.0738. The molecule has 0 radical (unpaired) electrons. The first kappa shape index (κ1) is 16.7. The van der Waals surface area contributed by atoms with Crippen LogP contribution in [0.3, 0.4) is 0 Å². The Hall–Kier alpha value is -0.650. The van der Waals surface area contributed by atoms with Gasteiger partial charge in [-0.3, -0.25) is 9.69 Å². The SMILES string of the molecule is CCOC(=O)C[C@H]1CCC[C@H]2CC[C@@H](OCOC)[C@H](C)N21. The first-order valence-corrected chi connectivity index (χ1v) is 8.21. The number of ether oxygens (including phenoxy) is 3. The average Bonchev–Trinajstić information content (AvgIpc) is 2.47. The Morgan fingerprint density at radius 2 is 2.05 bits per heavy atom. The zero-order valence-electron chi connectivity index (χ0n) is 13.5. The highest BCUT2D eigenvalue weighted by Gasteiger charge is 2.41. The third-order valence-electron chi connectivity index (χ3n) is 4.82. The maximum absolute atomic E-state index is 11.8. The number of hydrogen-bond acceptors (Lipinski definition) is 5. The standard InChI is InChI=1S/C16H29NO4/c1-4-20-16(18)10-14-7-5-6-13-8-9-15(21-11-19-3)12(2)17(13)14/h12-15H,4-11H2,1-3H3/t12-,13-,14+,15+/m0/s1. The normalized spacial score (nSPS) is 33.5. The van der Waals surface area contributed by atoms with Crippen LogP contribution in [0, 0.1) is 0 Å². The summed E-state index contributed by atoms with van der Waals surface area (Å²) in [7, 11) is 1.65. The fourth-order valence-electron chi connectivity index (χ4n) is 3.93. The fourth-order valence-corrected chi connectivity index (χ4v) is 3.93. The Bertz CT molecular complexity index is 336. The Morgan fingerprint density at radius 3 is 2.76 bits per heavy atom. The molecule has 2 rings (SSSR count). The second-order valence-corrected chi connectivity index (χ2v) is 6.12. The monoisotopic (exact) mass is 299 g/mol. The van der Waals surface area contributed by atoms with E-state index in [0.717, 1.165) is 19.3 Å². The Balaban J connectivity index is 1.99. The molecule has 122 valence electrons. The maximum atomic E-state index is 11.8. The van der Waals surface area contributed by atoms with E-state index in [-0.39, 0.29) is 12.1 Å². The van der Waals surface area contributed by atoms with Crippen molar-refractivity contribution in [1.82, 2.24) is 4.90 Å². The molecule has 21 heavy (non-hydrogen) atoms. The summed E-state index contributed by atoms with van der Waals surface area (Å²) in [5.41, 5.74) is 0. The molecule has 0 amide bonds. The molecule has 4 atom stereocenters. The minimum atomic E-state index is -0.0738. The molecule has 5 heteroatoms. The van der Waals surface area contributed by atoms with E-state index < -0.39 is 0 Å². The van der Waals surface area contributed by atoms with Crippen LogP contribution in [0.15, 0.2) is 0 Å². The second-order valence-electron chi connectivity index (χ2n) is 6.12. The Labute approximate surface area is 127 Å². The number of nitrogens with zero attached hydrogens (tertiary/aromatic N) is 1. The highest BCUT2D eigenvalue weighted by Crippen LogP contribution is 2.36. The Morgan fingerprint density at radius 1 is 1.24 bits per heavy atom. The van der Waals surface area contributed by atoms with Crippen molar-refractivity contribution in [3.63, 3.8) is 0 Å². The summed E-state index contributed by atoms with van der Waals surface area (Å²) >= 11 is 0. The molecular weight excluding hydrogens is 270 g/mol. The van der Waals surface area contributed by atoms with E-state index >= 15 is 0 Å². The highest BCUT2D eigenvalue weighted by atomic mass is 16.7. The number of rotatable bonds is 6. The van der Waals surface area contributed by atoms with Crippen LogP contribution in [0.2, 0.25) is 0 Å². The lowest BCUT2D eigenvalue weighted by atomic mass is 9.83. The van der Waals surface area contributed by atoms with Crippen molar-refractivity contribution in [3.05, 3.63) is 0 Å². The highest BCUT2D eigenvalue weighted by molar-refractivity contribution is 5.70. The first-order valence-electron chi connectivity index (χ1n) is 8.21. The zero-order valence-corrected chi connectivity index (χ0v) is 13.5. The van der Waals surface area contributed by atoms with E-state index in [1.807, 2.05) is 6.92 Å². The molecule has 5 nitrogen and oxygen atoms in total. The van der Waals surface area contributed by atoms with E-state index in [1.165, 1.54) is 12.8 Å². The van der Waals surface area contributed by atoms with E-state index in [0.29, 0.717) is 37.9 Å². The molecule has 0 spiro atoms. The van der Waals surface area contributed by atoms with Gasteiger partial charge in [0.1, 0.15) is 6.79 Å². The Kier molecular flexibility index (Phi) is 6.45. The van der Waals surface area contributed by atoms with Gasteiger partial charge in [-0.05, 0) is 39.5 Å². The molecule has 0 saturated carbocycles. The van der Waals surface area contributed by atoms with Crippen molar-refractivity contribution in [2.24, 2.45) is 0 Å². The summed E-state index contributed by atoms with van der Waals surface area (Å²) in [5, 5.41) is 0. The topological polar surface area (TPSA) is 48.0 Å². The fraction of sp³-hybridized carbons (Fsp3) is 0.938. The summed E-state index contributed by atoms with van der Waals surface area (Å²) in [6, 6.07) is 1.22. The van der Waals surface area contributed by atoms with Crippen LogP contribution in [0.25, 0.3) is 0 Å². The van der Waals surface area contributed by atoms with Crippen LogP contribution in [0.4, 0.5) is 0 Å². The van der Waals surface area contributed by atoms with Gasteiger partial charge in [-0.15, -0.1) is 0 Å². The van der Waals surface area contributed by atoms with Gasteiger partial charge in [-0.1, -0.05) is 6.42 Å². The van der Waals surface area contributed by atoms with Gasteiger partial charge in [0.05, 0.1) is 19.1 Å². The van der Waals surface area contributed by atoms with Crippen molar-refractivity contribution < 1.29 is 19.0 Å². The third kappa shape index (κ3) is 4.18. The lowest BCUT2D eigenvalue weighted by Gasteiger charge is -2.51. The van der Waals surface area contributed by atoms with Crippen LogP contribution in [0.1, 0.15) is 52.4 Å². The van der Waals surface area contributed by atoms with E-state index in [4.69, 9.17) is 14.2 Å². The van der Waals surface area contributed by atoms with Crippen LogP contribution in [0.5, 0.6) is 0 Å². The number of hydrogen-bond donors (Lipinski definition) is 0. The van der Waals surface area contributed by atoms with Gasteiger partial charge in [0.15, 0.2) is 0 Å². The van der Waals surface area contributed by atoms with Gasteiger partial charge >= 0.3 is 5.97 Å². The quantitative estimate of drug-likeness (QED) is 0.556. The van der Waals surface area contributed by atoms with Gasteiger partial charge in [-0.2, -0.15) is 0 Å². The van der Waals surface area contributed by atoms with E-state index in [1.54, 1.807) is 7.11 Å². The molecule has 0 aliphatic carbocycles. The van der Waals surface area contributed by atoms with E-state index in [9.17, 15) is 4.79 Å². The van der Waals surface area contributed by atoms with Crippen molar-refractivity contribution in [2.45, 2.75) is 76.6 Å². The minimum Gasteiger partial charge on any atom is -0.466 e. The number of fused-ring (bicyclic) bond motifs is 1. The van der Waals surface area contributed by atoms with Crippen LogP contribution in [-0.2, 0) is 19.0 Å². The summed E-state index contributed by atoms with van der Waals surface area (Å²) < 4.78 is 16.0.